The molecular weight excluding hydrogens is 454 g/mol. The van der Waals surface area contributed by atoms with Crippen LogP contribution in [-0.4, -0.2) is 64.1 Å². The van der Waals surface area contributed by atoms with Crippen molar-refractivity contribution in [2.45, 2.75) is 16.4 Å². The summed E-state index contributed by atoms with van der Waals surface area (Å²) in [5.41, 5.74) is 1.16. The van der Waals surface area contributed by atoms with Gasteiger partial charge in [0.15, 0.2) is 10.9 Å². The van der Waals surface area contributed by atoms with Crippen molar-refractivity contribution in [1.29, 1.82) is 0 Å². The van der Waals surface area contributed by atoms with Crippen molar-refractivity contribution < 1.29 is 18.4 Å². The van der Waals surface area contributed by atoms with Crippen LogP contribution in [-0.2, 0) is 0 Å². The molecule has 1 saturated heterocycles. The first kappa shape index (κ1) is 21.1. The molecule has 9 nitrogen and oxygen atoms in total. The van der Waals surface area contributed by atoms with Gasteiger partial charge in [-0.1, -0.05) is 11.8 Å². The lowest BCUT2D eigenvalue weighted by Gasteiger charge is -2.40. The van der Waals surface area contributed by atoms with Crippen LogP contribution in [0.1, 0.15) is 16.6 Å². The number of aromatic nitrogens is 3. The first-order valence-electron chi connectivity index (χ1n) is 11.1. The van der Waals surface area contributed by atoms with Crippen LogP contribution in [0.5, 0.6) is 5.75 Å². The van der Waals surface area contributed by atoms with Gasteiger partial charge in [-0.3, -0.25) is 9.69 Å². The van der Waals surface area contributed by atoms with Gasteiger partial charge in [-0.2, -0.15) is 9.67 Å². The summed E-state index contributed by atoms with van der Waals surface area (Å²) in [6.45, 7) is 3.30. The third kappa shape index (κ3) is 3.68. The lowest BCUT2D eigenvalue weighted by Crippen LogP contribution is -2.50. The minimum Gasteiger partial charge on any atom is -0.497 e. The molecule has 6 rings (SSSR count). The molecule has 1 fully saturated rings. The van der Waals surface area contributed by atoms with Gasteiger partial charge in [0, 0.05) is 31.9 Å². The number of hydrogen-bond acceptors (Lipinski definition) is 9. The number of methoxy groups -OCH3 is 1. The van der Waals surface area contributed by atoms with E-state index in [2.05, 4.69) is 32.0 Å². The lowest BCUT2D eigenvalue weighted by molar-refractivity contribution is 0.0813. The van der Waals surface area contributed by atoms with Crippen molar-refractivity contribution in [2.24, 2.45) is 0 Å². The smallest absolute Gasteiger partial charge is 0.265 e. The Morgan fingerprint density at radius 2 is 1.79 bits per heavy atom. The summed E-state index contributed by atoms with van der Waals surface area (Å²) in [7, 11) is 1.67. The van der Waals surface area contributed by atoms with Crippen LogP contribution in [0.4, 0.5) is 5.69 Å². The minimum atomic E-state index is -0.390. The number of thioether (sulfide) groups is 1. The number of anilines is 1. The summed E-state index contributed by atoms with van der Waals surface area (Å²) >= 11 is 1.43. The normalized spacial score (nSPS) is 19.4. The van der Waals surface area contributed by atoms with Gasteiger partial charge >= 0.3 is 0 Å². The summed E-state index contributed by atoms with van der Waals surface area (Å²) in [5, 5.41) is 4.60. The number of fused-ring (bicyclic) bond motifs is 1. The van der Waals surface area contributed by atoms with Crippen molar-refractivity contribution in [3.63, 3.8) is 0 Å². The number of rotatable bonds is 6. The molecule has 0 bridgehead atoms. The second kappa shape index (κ2) is 8.69. The molecule has 4 aromatic rings. The molecule has 2 aliphatic rings. The number of carbonyl (C=O) groups excluding carboxylic acids is 1. The van der Waals surface area contributed by atoms with Gasteiger partial charge in [-0.05, 0) is 48.5 Å². The molecule has 2 unspecified atom stereocenters. The number of benzene rings is 1. The highest BCUT2D eigenvalue weighted by atomic mass is 32.2. The second-order valence-electron chi connectivity index (χ2n) is 8.17. The Bertz CT molecular complexity index is 1260. The zero-order chi connectivity index (χ0) is 23.1. The van der Waals surface area contributed by atoms with E-state index in [0.29, 0.717) is 16.7 Å². The fraction of sp³-hybridized carbons (Fsp3) is 0.292. The van der Waals surface area contributed by atoms with Gasteiger partial charge < -0.3 is 18.5 Å². The molecule has 2 aliphatic heterocycles. The molecule has 0 aliphatic carbocycles. The molecule has 5 heterocycles. The van der Waals surface area contributed by atoms with Crippen LogP contribution in [0, 0.1) is 0 Å². The molecule has 34 heavy (non-hydrogen) atoms. The topological polar surface area (TPSA) is 89.8 Å². The summed E-state index contributed by atoms with van der Waals surface area (Å²) in [6.07, 6.45) is 3.23. The Balaban J connectivity index is 1.21. The molecular formula is C24H23N5O4S. The molecule has 0 N–H and O–H groups in total. The molecule has 0 saturated carbocycles. The highest BCUT2D eigenvalue weighted by Gasteiger charge is 2.45. The van der Waals surface area contributed by atoms with E-state index < -0.39 is 0 Å². The number of ether oxygens (including phenoxy) is 1. The van der Waals surface area contributed by atoms with E-state index in [1.165, 1.54) is 16.4 Å². The van der Waals surface area contributed by atoms with E-state index in [4.69, 9.17) is 13.6 Å². The van der Waals surface area contributed by atoms with Crippen LogP contribution in [0.3, 0.4) is 0 Å². The van der Waals surface area contributed by atoms with Crippen LogP contribution in [0.2, 0.25) is 0 Å². The molecule has 3 aromatic heterocycles. The van der Waals surface area contributed by atoms with E-state index >= 15 is 0 Å². The van der Waals surface area contributed by atoms with Gasteiger partial charge in [-0.25, -0.2) is 0 Å². The Hall–Kier alpha value is -3.50. The Labute approximate surface area is 200 Å². The van der Waals surface area contributed by atoms with Gasteiger partial charge in [0.25, 0.3) is 5.91 Å². The van der Waals surface area contributed by atoms with Crippen LogP contribution in [0.25, 0.3) is 11.6 Å². The Kier molecular flexibility index (Phi) is 5.39. The van der Waals surface area contributed by atoms with Gasteiger partial charge in [-0.15, -0.1) is 5.10 Å². The Morgan fingerprint density at radius 3 is 2.44 bits per heavy atom. The maximum atomic E-state index is 13.4. The van der Waals surface area contributed by atoms with Crippen molar-refractivity contribution in [1.82, 2.24) is 19.7 Å². The number of carbonyl (C=O) groups is 1. The van der Waals surface area contributed by atoms with Crippen molar-refractivity contribution in [3.8, 4) is 17.3 Å². The standard InChI is InChI=1S/C24H23N5O4S/c1-31-17-8-6-16(7-9-17)27-10-12-28(13-11-27)20(18-4-2-14-32-18)21-23(30)29-24(34-21)25-22(26-29)19-5-3-15-33-19/h2-9,14-15,20-21H,10-13H2,1H3. The third-order valence-electron chi connectivity index (χ3n) is 6.27. The first-order valence-corrected chi connectivity index (χ1v) is 12.0. The predicted octanol–water partition coefficient (Wildman–Crippen LogP) is 3.82. The molecule has 10 heteroatoms. The quantitative estimate of drug-likeness (QED) is 0.411. The average Bonchev–Trinajstić information content (AvgIpc) is 3.68. The minimum absolute atomic E-state index is 0.0932. The first-order chi connectivity index (χ1) is 16.7. The second-order valence-corrected chi connectivity index (χ2v) is 9.27. The van der Waals surface area contributed by atoms with Crippen LogP contribution >= 0.6 is 11.8 Å². The van der Waals surface area contributed by atoms with E-state index in [0.717, 1.165) is 43.4 Å². The van der Waals surface area contributed by atoms with Crippen molar-refractivity contribution >= 4 is 23.4 Å². The fourth-order valence-corrected chi connectivity index (χ4v) is 5.78. The third-order valence-corrected chi connectivity index (χ3v) is 7.46. The molecule has 0 amide bonds. The zero-order valence-electron chi connectivity index (χ0n) is 18.5. The van der Waals surface area contributed by atoms with Gasteiger partial charge in [0.2, 0.25) is 5.82 Å². The zero-order valence-corrected chi connectivity index (χ0v) is 19.4. The summed E-state index contributed by atoms with van der Waals surface area (Å²) in [6, 6.07) is 15.3. The van der Waals surface area contributed by atoms with E-state index in [1.54, 1.807) is 31.8 Å². The molecule has 174 valence electrons. The average molecular weight is 478 g/mol. The van der Waals surface area contributed by atoms with Crippen molar-refractivity contribution in [2.75, 3.05) is 38.2 Å². The summed E-state index contributed by atoms with van der Waals surface area (Å²) < 4.78 is 17.9. The van der Waals surface area contributed by atoms with E-state index in [-0.39, 0.29) is 17.2 Å². The van der Waals surface area contributed by atoms with E-state index in [1.807, 2.05) is 24.3 Å². The summed E-state index contributed by atoms with van der Waals surface area (Å²) in [4.78, 5) is 22.6. The summed E-state index contributed by atoms with van der Waals surface area (Å²) in [5.74, 6) is 2.49. The van der Waals surface area contributed by atoms with Crippen LogP contribution < -0.4 is 9.64 Å². The number of hydrogen-bond donors (Lipinski definition) is 0. The number of piperazine rings is 1. The van der Waals surface area contributed by atoms with Crippen LogP contribution in [0.15, 0.2) is 75.0 Å². The molecule has 1 aromatic carbocycles. The maximum Gasteiger partial charge on any atom is 0.265 e. The Morgan fingerprint density at radius 1 is 1.03 bits per heavy atom. The number of nitrogens with zero attached hydrogens (tertiary/aromatic N) is 5. The highest BCUT2D eigenvalue weighted by molar-refractivity contribution is 8.00. The number of furan rings is 2. The molecule has 0 radical (unpaired) electrons. The lowest BCUT2D eigenvalue weighted by atomic mass is 10.1. The molecule has 0 spiro atoms. The fourth-order valence-electron chi connectivity index (χ4n) is 4.54. The molecule has 2 atom stereocenters. The van der Waals surface area contributed by atoms with Gasteiger partial charge in [0.05, 0.1) is 25.7 Å². The maximum absolute atomic E-state index is 13.4. The van der Waals surface area contributed by atoms with Gasteiger partial charge in [0.1, 0.15) is 16.8 Å². The SMILES string of the molecule is COc1ccc(N2CCN(C(c3ccco3)C3Sc4nc(-c5ccco5)nn4C3=O)CC2)cc1. The van der Waals surface area contributed by atoms with E-state index in [9.17, 15) is 4.79 Å². The highest BCUT2D eigenvalue weighted by Crippen LogP contribution is 2.42. The largest absolute Gasteiger partial charge is 0.497 e. The van der Waals surface area contributed by atoms with Crippen molar-refractivity contribution in [3.05, 3.63) is 66.8 Å². The monoisotopic (exact) mass is 477 g/mol. The predicted molar refractivity (Wildman–Crippen MR) is 126 cm³/mol.